The zero-order valence-electron chi connectivity index (χ0n) is 13.0. The SMILES string of the molecule is O=[N+]([O-])c1cccc([N+](=O)[O-])c1COS(=O)(=O)c1c(F)c(F)c(F)c(F)c1F. The fraction of sp³-hybridized carbons (Fsp3) is 0.0769. The molecule has 15 heteroatoms. The second-order valence-electron chi connectivity index (χ2n) is 4.90. The zero-order valence-corrected chi connectivity index (χ0v) is 13.8. The Kier molecular flexibility index (Phi) is 5.60. The van der Waals surface area contributed by atoms with Crippen molar-refractivity contribution in [2.45, 2.75) is 11.5 Å². The minimum absolute atomic E-state index is 0.747. The van der Waals surface area contributed by atoms with E-state index >= 15 is 0 Å². The number of nitro groups is 2. The molecular formula is C13H5F5N2O7S. The molecule has 150 valence electrons. The molecule has 0 bridgehead atoms. The molecule has 2 rings (SSSR count). The molecule has 2 aromatic rings. The fourth-order valence-electron chi connectivity index (χ4n) is 2.05. The van der Waals surface area contributed by atoms with Gasteiger partial charge in [-0.3, -0.25) is 24.4 Å². The summed E-state index contributed by atoms with van der Waals surface area (Å²) in [6, 6.07) is 2.39. The molecule has 0 unspecified atom stereocenters. The lowest BCUT2D eigenvalue weighted by molar-refractivity contribution is -0.396. The Morgan fingerprint density at radius 1 is 0.821 bits per heavy atom. The van der Waals surface area contributed by atoms with Crippen LogP contribution in [0.3, 0.4) is 0 Å². The molecule has 0 spiro atoms. The van der Waals surface area contributed by atoms with E-state index in [1.54, 1.807) is 0 Å². The first-order chi connectivity index (χ1) is 12.9. The Labute approximate surface area is 151 Å². The summed E-state index contributed by atoms with van der Waals surface area (Å²) in [5, 5.41) is 21.9. The van der Waals surface area contributed by atoms with Gasteiger partial charge < -0.3 is 0 Å². The number of nitrogens with zero attached hydrogens (tertiary/aromatic N) is 2. The number of hydrogen-bond donors (Lipinski definition) is 0. The Morgan fingerprint density at radius 3 is 1.61 bits per heavy atom. The molecular weight excluding hydrogens is 423 g/mol. The van der Waals surface area contributed by atoms with Crippen LogP contribution < -0.4 is 0 Å². The maximum absolute atomic E-state index is 13.6. The van der Waals surface area contributed by atoms with Crippen LogP contribution in [-0.4, -0.2) is 18.3 Å². The van der Waals surface area contributed by atoms with Gasteiger partial charge >= 0.3 is 10.1 Å². The van der Waals surface area contributed by atoms with Crippen molar-refractivity contribution in [1.82, 2.24) is 0 Å². The molecule has 0 amide bonds. The molecule has 9 nitrogen and oxygen atoms in total. The van der Waals surface area contributed by atoms with E-state index in [-0.39, 0.29) is 0 Å². The van der Waals surface area contributed by atoms with Crippen LogP contribution in [0.2, 0.25) is 0 Å². The predicted octanol–water partition coefficient (Wildman–Crippen LogP) is 3.10. The molecule has 0 aliphatic heterocycles. The minimum atomic E-state index is -5.71. The van der Waals surface area contributed by atoms with E-state index in [4.69, 9.17) is 0 Å². The number of halogens is 5. The third-order valence-electron chi connectivity index (χ3n) is 3.30. The van der Waals surface area contributed by atoms with E-state index in [9.17, 15) is 50.6 Å². The van der Waals surface area contributed by atoms with Gasteiger partial charge in [-0.1, -0.05) is 0 Å². The lowest BCUT2D eigenvalue weighted by Crippen LogP contribution is -2.16. The van der Waals surface area contributed by atoms with E-state index in [1.165, 1.54) is 0 Å². The van der Waals surface area contributed by atoms with Crippen LogP contribution >= 0.6 is 0 Å². The molecule has 28 heavy (non-hydrogen) atoms. The maximum Gasteiger partial charge on any atom is 0.303 e. The van der Waals surface area contributed by atoms with Crippen molar-refractivity contribution >= 4 is 21.5 Å². The molecule has 0 saturated heterocycles. The molecule has 0 saturated carbocycles. The van der Waals surface area contributed by atoms with Gasteiger partial charge in [0, 0.05) is 12.1 Å². The predicted molar refractivity (Wildman–Crippen MR) is 78.0 cm³/mol. The van der Waals surface area contributed by atoms with Crippen LogP contribution in [0.5, 0.6) is 0 Å². The third kappa shape index (κ3) is 3.61. The normalized spacial score (nSPS) is 11.5. The first-order valence-electron chi connectivity index (χ1n) is 6.71. The molecule has 0 heterocycles. The summed E-state index contributed by atoms with van der Waals surface area (Å²) in [4.78, 5) is 17.3. The summed E-state index contributed by atoms with van der Waals surface area (Å²) >= 11 is 0. The Hall–Kier alpha value is -3.20. The highest BCUT2D eigenvalue weighted by molar-refractivity contribution is 7.86. The number of hydrogen-bond acceptors (Lipinski definition) is 7. The quantitative estimate of drug-likeness (QED) is 0.173. The van der Waals surface area contributed by atoms with E-state index < -0.39 is 77.5 Å². The molecule has 0 fully saturated rings. The Bertz CT molecular complexity index is 1050. The van der Waals surface area contributed by atoms with Crippen LogP contribution in [0.25, 0.3) is 0 Å². The third-order valence-corrected chi connectivity index (χ3v) is 4.58. The van der Waals surface area contributed by atoms with Crippen molar-refractivity contribution in [3.8, 4) is 0 Å². The van der Waals surface area contributed by atoms with Gasteiger partial charge in [0.05, 0.1) is 9.85 Å². The van der Waals surface area contributed by atoms with Crippen molar-refractivity contribution in [2.24, 2.45) is 0 Å². The molecule has 0 N–H and O–H groups in total. The average molecular weight is 428 g/mol. The number of nitro benzene ring substituents is 2. The first kappa shape index (κ1) is 21.1. The molecule has 0 radical (unpaired) electrons. The summed E-state index contributed by atoms with van der Waals surface area (Å²) in [5.74, 6) is -13.2. The number of benzene rings is 2. The largest absolute Gasteiger partial charge is 0.303 e. The summed E-state index contributed by atoms with van der Waals surface area (Å²) in [5.41, 5.74) is -2.85. The van der Waals surface area contributed by atoms with Gasteiger partial charge in [0.1, 0.15) is 12.2 Å². The molecule has 0 aromatic heterocycles. The summed E-state index contributed by atoms with van der Waals surface area (Å²) in [6.45, 7) is -1.49. The van der Waals surface area contributed by atoms with E-state index in [0.717, 1.165) is 18.2 Å². The summed E-state index contributed by atoms with van der Waals surface area (Å²) in [7, 11) is -5.71. The van der Waals surface area contributed by atoms with E-state index in [2.05, 4.69) is 4.18 Å². The maximum atomic E-state index is 13.6. The smallest absolute Gasteiger partial charge is 0.261 e. The van der Waals surface area contributed by atoms with Crippen molar-refractivity contribution in [1.29, 1.82) is 0 Å². The Morgan fingerprint density at radius 2 is 1.21 bits per heavy atom. The van der Waals surface area contributed by atoms with E-state index in [1.807, 2.05) is 0 Å². The van der Waals surface area contributed by atoms with Crippen molar-refractivity contribution in [2.75, 3.05) is 0 Å². The minimum Gasteiger partial charge on any atom is -0.261 e. The topological polar surface area (TPSA) is 130 Å². The highest BCUT2D eigenvalue weighted by Crippen LogP contribution is 2.32. The van der Waals surface area contributed by atoms with Crippen LogP contribution in [-0.2, 0) is 20.9 Å². The molecule has 0 aliphatic carbocycles. The van der Waals surface area contributed by atoms with Gasteiger partial charge in [-0.05, 0) is 6.07 Å². The van der Waals surface area contributed by atoms with Gasteiger partial charge in [-0.15, -0.1) is 0 Å². The van der Waals surface area contributed by atoms with Crippen LogP contribution in [0, 0.1) is 49.3 Å². The standard InChI is InChI=1S/C13H5F5N2O7S/c14-8-9(15)11(17)13(12(18)10(8)16)28(25,26)27-4-5-6(19(21)22)2-1-3-7(5)20(23)24/h1-3H,4H2. The highest BCUT2D eigenvalue weighted by atomic mass is 32.2. The lowest BCUT2D eigenvalue weighted by Gasteiger charge is -2.10. The second kappa shape index (κ2) is 7.43. The fourth-order valence-corrected chi connectivity index (χ4v) is 3.06. The van der Waals surface area contributed by atoms with Gasteiger partial charge in [-0.25, -0.2) is 22.0 Å². The van der Waals surface area contributed by atoms with Crippen LogP contribution in [0.1, 0.15) is 5.56 Å². The molecule has 0 atom stereocenters. The monoisotopic (exact) mass is 428 g/mol. The van der Waals surface area contributed by atoms with Crippen molar-refractivity contribution in [3.63, 3.8) is 0 Å². The summed E-state index contributed by atoms with van der Waals surface area (Å²) < 4.78 is 94.6. The second-order valence-corrected chi connectivity index (χ2v) is 6.46. The first-order valence-corrected chi connectivity index (χ1v) is 8.12. The molecule has 0 aliphatic rings. The van der Waals surface area contributed by atoms with Crippen LogP contribution in [0.15, 0.2) is 23.1 Å². The Balaban J connectivity index is 2.55. The van der Waals surface area contributed by atoms with Gasteiger partial charge in [-0.2, -0.15) is 8.42 Å². The van der Waals surface area contributed by atoms with Crippen molar-refractivity contribution in [3.05, 3.63) is 73.1 Å². The van der Waals surface area contributed by atoms with E-state index in [0.29, 0.717) is 0 Å². The van der Waals surface area contributed by atoms with Crippen molar-refractivity contribution < 1.29 is 44.4 Å². The van der Waals surface area contributed by atoms with Crippen LogP contribution in [0.4, 0.5) is 33.3 Å². The average Bonchev–Trinajstić information content (AvgIpc) is 2.62. The van der Waals surface area contributed by atoms with Gasteiger partial charge in [0.2, 0.25) is 5.82 Å². The highest BCUT2D eigenvalue weighted by Gasteiger charge is 2.35. The molecule has 2 aromatic carbocycles. The van der Waals surface area contributed by atoms with Gasteiger partial charge in [0.15, 0.2) is 28.2 Å². The number of rotatable bonds is 6. The summed E-state index contributed by atoms with van der Waals surface area (Å²) in [6.07, 6.45) is 0. The lowest BCUT2D eigenvalue weighted by atomic mass is 10.1. The van der Waals surface area contributed by atoms with Gasteiger partial charge in [0.25, 0.3) is 11.4 Å². The zero-order chi connectivity index (χ0) is 21.4.